The van der Waals surface area contributed by atoms with Gasteiger partial charge in [0.05, 0.1) is 6.61 Å². The van der Waals surface area contributed by atoms with Crippen LogP contribution in [0, 0.1) is 6.92 Å². The molecular weight excluding hydrogens is 490 g/mol. The summed E-state index contributed by atoms with van der Waals surface area (Å²) in [7, 11) is 0. The fourth-order valence-corrected chi connectivity index (χ4v) is 1.55. The van der Waals surface area contributed by atoms with E-state index in [4.69, 9.17) is 9.47 Å². The van der Waals surface area contributed by atoms with Gasteiger partial charge in [0.1, 0.15) is 6.79 Å². The van der Waals surface area contributed by atoms with Gasteiger partial charge in [0, 0.05) is 6.61 Å². The minimum absolute atomic E-state index is 0.357. The summed E-state index contributed by atoms with van der Waals surface area (Å²) in [6, 6.07) is 0. The van der Waals surface area contributed by atoms with E-state index in [0.29, 0.717) is 19.4 Å². The molecule has 0 aliphatic heterocycles. The lowest BCUT2D eigenvalue weighted by atomic mass is 10.1. The van der Waals surface area contributed by atoms with Gasteiger partial charge >= 0.3 is 12.6 Å². The Labute approximate surface area is 155 Å². The molecule has 0 rings (SSSR count). The molecule has 0 spiro atoms. The zero-order valence-corrected chi connectivity index (χ0v) is 18.6. The van der Waals surface area contributed by atoms with Gasteiger partial charge in [-0.3, -0.25) is 37.7 Å². The molecule has 2 nitrogen and oxygen atoms in total. The third-order valence-corrected chi connectivity index (χ3v) is 2.57. The molecule has 0 saturated carbocycles. The van der Waals surface area contributed by atoms with Crippen molar-refractivity contribution >= 4 is 50.3 Å². The molecule has 0 fully saturated rings. The number of allylic oxidation sites excluding steroid dienone is 1. The first-order chi connectivity index (χ1) is 9.83. The molecule has 0 aromatic heterocycles. The number of halogens is 2. The van der Waals surface area contributed by atoms with Crippen molar-refractivity contribution in [3.05, 3.63) is 19.1 Å². The third kappa shape index (κ3) is 28.1. The first-order valence-corrected chi connectivity index (χ1v) is 17.8. The van der Waals surface area contributed by atoms with Gasteiger partial charge in [0.2, 0.25) is 0 Å². The van der Waals surface area contributed by atoms with Gasteiger partial charge in [-0.1, -0.05) is 51.2 Å². The van der Waals surface area contributed by atoms with Crippen LogP contribution in [0.2, 0.25) is 0 Å². The lowest BCUT2D eigenvalue weighted by molar-refractivity contribution is -0.0531. The van der Waals surface area contributed by atoms with Crippen LogP contribution < -0.4 is 0 Å². The van der Waals surface area contributed by atoms with Crippen molar-refractivity contribution in [2.75, 3.05) is 20.0 Å². The Hall–Kier alpha value is 1.89. The maximum absolute atomic E-state index is 5.39. The second kappa shape index (κ2) is 25.8. The highest BCUT2D eigenvalue weighted by atomic mass is 127. The number of ether oxygens (including phenoxy) is 2. The van der Waals surface area contributed by atoms with E-state index in [9.17, 15) is 0 Å². The average Bonchev–Trinajstić information content (AvgIpc) is 2.45. The Morgan fingerprint density at radius 3 is 2.20 bits per heavy atom. The van der Waals surface area contributed by atoms with Crippen LogP contribution in [0.1, 0.15) is 58.3 Å². The highest BCUT2D eigenvalue weighted by molar-refractivity contribution is 14.3. The first-order valence-electron chi connectivity index (χ1n) is 7.55. The van der Waals surface area contributed by atoms with Crippen LogP contribution in [0.3, 0.4) is 0 Å². The van der Waals surface area contributed by atoms with Crippen LogP contribution in [0.4, 0.5) is 0 Å². The maximum Gasteiger partial charge on any atom is 0.552 e. The Morgan fingerprint density at radius 2 is 1.55 bits per heavy atom. The van der Waals surface area contributed by atoms with Crippen LogP contribution in [0.5, 0.6) is 0 Å². The monoisotopic (exact) mass is 519 g/mol. The van der Waals surface area contributed by atoms with E-state index >= 15 is 0 Å². The Balaban J connectivity index is 0. The second-order valence-corrected chi connectivity index (χ2v) is 17.9. The van der Waals surface area contributed by atoms with E-state index in [1.165, 1.54) is 32.1 Å². The first kappa shape index (κ1) is 24.1. The third-order valence-electron chi connectivity index (χ3n) is 2.57. The molecule has 0 atom stereocenters. The lowest BCUT2D eigenvalue weighted by Crippen LogP contribution is -2.02. The van der Waals surface area contributed by atoms with E-state index in [2.05, 4.69) is 63.7 Å². The van der Waals surface area contributed by atoms with E-state index in [1.54, 1.807) is 0 Å². The smallest absolute Gasteiger partial charge is 0.355 e. The SMILES string of the molecule is [CH2]C/C=C\CCOCOCCCCCCCC.[I][Mg][I]. The van der Waals surface area contributed by atoms with E-state index < -0.39 is 0 Å². The van der Waals surface area contributed by atoms with Gasteiger partial charge in [-0.25, -0.2) is 0 Å². The second-order valence-electron chi connectivity index (χ2n) is 4.35. The zero-order valence-electron chi connectivity index (χ0n) is 12.9. The van der Waals surface area contributed by atoms with Gasteiger partial charge in [0.25, 0.3) is 0 Å². The normalized spacial score (nSPS) is 10.2. The molecule has 0 aromatic rings. The number of rotatable bonds is 13. The molecule has 0 unspecified atom stereocenters. The van der Waals surface area contributed by atoms with Crippen molar-refractivity contribution < 1.29 is 9.47 Å². The molecule has 0 aromatic carbocycles. The molecule has 0 saturated heterocycles. The van der Waals surface area contributed by atoms with Crippen LogP contribution >= 0.6 is 37.7 Å². The molecule has 0 bridgehead atoms. The largest absolute Gasteiger partial charge is 0.552 e. The summed E-state index contributed by atoms with van der Waals surface area (Å²) in [5, 5.41) is 0. The van der Waals surface area contributed by atoms with E-state index in [1.807, 2.05) is 0 Å². The van der Waals surface area contributed by atoms with Crippen LogP contribution in [-0.2, 0) is 9.47 Å². The highest BCUT2D eigenvalue weighted by Crippen LogP contribution is 2.04. The predicted octanol–water partition coefficient (Wildman–Crippen LogP) is 5.90. The molecule has 0 heterocycles. The van der Waals surface area contributed by atoms with Crippen molar-refractivity contribution in [1.82, 2.24) is 0 Å². The Morgan fingerprint density at radius 1 is 0.950 bits per heavy atom. The fraction of sp³-hybridized carbons (Fsp3) is 0.800. The molecule has 1 radical (unpaired) electrons. The minimum atomic E-state index is 0.357. The number of hydrogen-bond acceptors (Lipinski definition) is 2. The summed E-state index contributed by atoms with van der Waals surface area (Å²) < 4.78 is 10.7. The predicted molar refractivity (Wildman–Crippen MR) is 108 cm³/mol. The standard InChI is InChI=1S/C15H29O2.2HI.Mg/c1-3-5-7-9-10-12-14-17-15-16-13-11-8-6-4-2;;;/h6,8H,2-5,7,9-15H2,1H3;2*1H;/q;;;+2/p-2/b8-6-;;;. The highest BCUT2D eigenvalue weighted by Gasteiger charge is 1.91. The van der Waals surface area contributed by atoms with Gasteiger partial charge in [-0.15, -0.1) is 0 Å². The molecular formula is C15H29I2MgO2. The van der Waals surface area contributed by atoms with Crippen molar-refractivity contribution in [2.24, 2.45) is 0 Å². The van der Waals surface area contributed by atoms with Crippen LogP contribution in [-0.4, -0.2) is 32.6 Å². The summed E-state index contributed by atoms with van der Waals surface area (Å²) >= 11 is 5.18. The summed E-state index contributed by atoms with van der Waals surface area (Å²) in [4.78, 5) is 0. The lowest BCUT2D eigenvalue weighted by Gasteiger charge is -2.04. The molecule has 0 amide bonds. The topological polar surface area (TPSA) is 18.5 Å². The summed E-state index contributed by atoms with van der Waals surface area (Å²) in [5.41, 5.74) is 0. The zero-order chi connectivity index (χ0) is 15.3. The van der Waals surface area contributed by atoms with E-state index in [0.717, 1.165) is 32.5 Å². The van der Waals surface area contributed by atoms with Gasteiger partial charge in [-0.2, -0.15) is 0 Å². The number of unbranched alkanes of at least 4 members (excludes halogenated alkanes) is 5. The van der Waals surface area contributed by atoms with Crippen LogP contribution in [0.25, 0.3) is 0 Å². The minimum Gasteiger partial charge on any atom is -0.355 e. The summed E-state index contributed by atoms with van der Waals surface area (Å²) in [6.07, 6.45) is 13.8. The maximum atomic E-state index is 5.39. The Bertz CT molecular complexity index is 181. The summed E-state index contributed by atoms with van der Waals surface area (Å²) in [6.45, 7) is 7.99. The summed E-state index contributed by atoms with van der Waals surface area (Å²) in [5.74, 6) is 0. The molecule has 5 heteroatoms. The van der Waals surface area contributed by atoms with Gasteiger partial charge < -0.3 is 9.47 Å². The van der Waals surface area contributed by atoms with Crippen molar-refractivity contribution in [3.63, 3.8) is 0 Å². The quantitative estimate of drug-likeness (QED) is 0.0992. The Kier molecular flexibility index (Phi) is 31.2. The average molecular weight is 520 g/mol. The molecule has 0 N–H and O–H groups in total. The number of hydrogen-bond donors (Lipinski definition) is 0. The van der Waals surface area contributed by atoms with Gasteiger partial charge in [-0.05, 0) is 26.2 Å². The molecule has 0 aliphatic carbocycles. The molecule has 20 heavy (non-hydrogen) atoms. The van der Waals surface area contributed by atoms with E-state index in [-0.39, 0.29) is 0 Å². The fourth-order valence-electron chi connectivity index (χ4n) is 1.55. The molecule has 0 aliphatic rings. The molecule has 117 valence electrons. The van der Waals surface area contributed by atoms with Crippen molar-refractivity contribution in [2.45, 2.75) is 58.3 Å². The van der Waals surface area contributed by atoms with Crippen molar-refractivity contribution in [1.29, 1.82) is 0 Å². The van der Waals surface area contributed by atoms with Crippen LogP contribution in [0.15, 0.2) is 12.2 Å². The van der Waals surface area contributed by atoms with Crippen molar-refractivity contribution in [3.8, 4) is 0 Å². The van der Waals surface area contributed by atoms with Gasteiger partial charge in [0.15, 0.2) is 0 Å².